The van der Waals surface area contributed by atoms with Gasteiger partial charge in [-0.2, -0.15) is 0 Å². The second-order valence-corrected chi connectivity index (χ2v) is 5.78. The number of methoxy groups -OCH3 is 1. The van der Waals surface area contributed by atoms with Gasteiger partial charge in [-0.3, -0.25) is 4.90 Å². The van der Waals surface area contributed by atoms with E-state index < -0.39 is 0 Å². The van der Waals surface area contributed by atoms with Crippen LogP contribution >= 0.6 is 23.2 Å². The van der Waals surface area contributed by atoms with E-state index in [4.69, 9.17) is 32.4 Å². The zero-order valence-electron chi connectivity index (χ0n) is 12.7. The lowest BCUT2D eigenvalue weighted by molar-refractivity contribution is 0.292. The molecule has 0 aliphatic rings. The van der Waals surface area contributed by atoms with Crippen LogP contribution in [0.2, 0.25) is 0 Å². The normalized spacial score (nSPS) is 11.3. The molecular formula is C16H19Cl2NO3. The van der Waals surface area contributed by atoms with E-state index in [1.54, 1.807) is 7.11 Å². The fraction of sp³-hybridized carbons (Fsp3) is 0.438. The SMILES string of the molecule is COc1ccc2c(C)cc(=O)oc2c1CN(CCCl)CCCl. The van der Waals surface area contributed by atoms with E-state index in [1.807, 2.05) is 19.1 Å². The molecule has 0 N–H and O–H groups in total. The Morgan fingerprint density at radius 2 is 1.91 bits per heavy atom. The minimum atomic E-state index is -0.360. The lowest BCUT2D eigenvalue weighted by atomic mass is 10.1. The van der Waals surface area contributed by atoms with Gasteiger partial charge in [-0.15, -0.1) is 23.2 Å². The first-order valence-corrected chi connectivity index (χ1v) is 8.12. The van der Waals surface area contributed by atoms with Crippen molar-refractivity contribution in [2.75, 3.05) is 32.0 Å². The van der Waals surface area contributed by atoms with E-state index in [-0.39, 0.29) is 5.63 Å². The number of hydrogen-bond donors (Lipinski definition) is 0. The first-order chi connectivity index (χ1) is 10.6. The van der Waals surface area contributed by atoms with Crippen LogP contribution in [0.5, 0.6) is 5.75 Å². The largest absolute Gasteiger partial charge is 0.496 e. The number of alkyl halides is 2. The highest BCUT2D eigenvalue weighted by Gasteiger charge is 2.16. The molecular weight excluding hydrogens is 325 g/mol. The van der Waals surface area contributed by atoms with Crippen molar-refractivity contribution in [3.05, 3.63) is 39.7 Å². The van der Waals surface area contributed by atoms with Gasteiger partial charge in [0.05, 0.1) is 12.7 Å². The standard InChI is InChI=1S/C16H19Cl2NO3/c1-11-9-15(20)22-16-12(11)3-4-14(21-2)13(16)10-19(7-5-17)8-6-18/h3-4,9H,5-8,10H2,1-2H3. The molecule has 0 bridgehead atoms. The number of aryl methyl sites for hydroxylation is 1. The monoisotopic (exact) mass is 343 g/mol. The third kappa shape index (κ3) is 3.75. The zero-order valence-corrected chi connectivity index (χ0v) is 14.2. The summed E-state index contributed by atoms with van der Waals surface area (Å²) < 4.78 is 10.9. The Kier molecular flexibility index (Phi) is 6.12. The van der Waals surface area contributed by atoms with Gasteiger partial charge in [-0.1, -0.05) is 0 Å². The van der Waals surface area contributed by atoms with Crippen molar-refractivity contribution in [3.63, 3.8) is 0 Å². The predicted octanol–water partition coefficient (Wildman–Crippen LogP) is 3.39. The van der Waals surface area contributed by atoms with Crippen LogP contribution < -0.4 is 10.4 Å². The molecule has 0 amide bonds. The molecule has 2 rings (SSSR count). The molecule has 0 atom stereocenters. The Morgan fingerprint density at radius 3 is 2.50 bits per heavy atom. The average Bonchev–Trinajstić information content (AvgIpc) is 2.48. The zero-order chi connectivity index (χ0) is 16.1. The van der Waals surface area contributed by atoms with E-state index in [9.17, 15) is 4.79 Å². The summed E-state index contributed by atoms with van der Waals surface area (Å²) in [5.74, 6) is 1.70. The summed E-state index contributed by atoms with van der Waals surface area (Å²) in [7, 11) is 1.60. The van der Waals surface area contributed by atoms with Crippen LogP contribution in [0.4, 0.5) is 0 Å². The molecule has 0 saturated carbocycles. The Hall–Kier alpha value is -1.23. The van der Waals surface area contributed by atoms with Crippen LogP contribution in [-0.2, 0) is 6.54 Å². The highest BCUT2D eigenvalue weighted by molar-refractivity contribution is 6.18. The molecule has 120 valence electrons. The van der Waals surface area contributed by atoms with Gasteiger partial charge in [0.25, 0.3) is 0 Å². The topological polar surface area (TPSA) is 42.7 Å². The molecule has 0 saturated heterocycles. The number of benzene rings is 1. The van der Waals surface area contributed by atoms with Crippen molar-refractivity contribution in [1.82, 2.24) is 4.90 Å². The molecule has 1 aromatic heterocycles. The fourth-order valence-corrected chi connectivity index (χ4v) is 2.97. The number of nitrogens with zero attached hydrogens (tertiary/aromatic N) is 1. The Bertz CT molecular complexity index is 694. The predicted molar refractivity (Wildman–Crippen MR) is 90.5 cm³/mol. The molecule has 0 spiro atoms. The molecule has 1 aromatic carbocycles. The van der Waals surface area contributed by atoms with Crippen molar-refractivity contribution < 1.29 is 9.15 Å². The highest BCUT2D eigenvalue weighted by Crippen LogP contribution is 2.30. The van der Waals surface area contributed by atoms with Crippen molar-refractivity contribution in [1.29, 1.82) is 0 Å². The van der Waals surface area contributed by atoms with Crippen molar-refractivity contribution in [2.24, 2.45) is 0 Å². The summed E-state index contributed by atoms with van der Waals surface area (Å²) >= 11 is 11.7. The van der Waals surface area contributed by atoms with Gasteiger partial charge in [-0.05, 0) is 24.6 Å². The Balaban J connectivity index is 2.55. The van der Waals surface area contributed by atoms with Gasteiger partial charge in [0.15, 0.2) is 0 Å². The average molecular weight is 344 g/mol. The lowest BCUT2D eigenvalue weighted by Gasteiger charge is -2.22. The fourth-order valence-electron chi connectivity index (χ4n) is 2.49. The van der Waals surface area contributed by atoms with E-state index in [2.05, 4.69) is 4.90 Å². The van der Waals surface area contributed by atoms with Gasteiger partial charge in [0.1, 0.15) is 11.3 Å². The third-order valence-electron chi connectivity index (χ3n) is 3.58. The Labute approximate surface area is 139 Å². The van der Waals surface area contributed by atoms with E-state index in [1.165, 1.54) is 6.07 Å². The van der Waals surface area contributed by atoms with E-state index in [0.717, 1.165) is 16.5 Å². The van der Waals surface area contributed by atoms with E-state index in [0.29, 0.717) is 42.7 Å². The number of fused-ring (bicyclic) bond motifs is 1. The summed E-state index contributed by atoms with van der Waals surface area (Å²) in [6.07, 6.45) is 0. The maximum Gasteiger partial charge on any atom is 0.336 e. The molecule has 0 fully saturated rings. The molecule has 0 aliphatic heterocycles. The molecule has 0 radical (unpaired) electrons. The number of rotatable bonds is 7. The Morgan fingerprint density at radius 1 is 1.23 bits per heavy atom. The molecule has 6 heteroatoms. The van der Waals surface area contributed by atoms with Crippen LogP contribution in [0.3, 0.4) is 0 Å². The van der Waals surface area contributed by atoms with Gasteiger partial charge in [0, 0.05) is 42.8 Å². The molecule has 0 unspecified atom stereocenters. The summed E-state index contributed by atoms with van der Waals surface area (Å²) in [5, 5.41) is 0.909. The first-order valence-electron chi connectivity index (χ1n) is 7.05. The summed E-state index contributed by atoms with van der Waals surface area (Å²) in [4.78, 5) is 13.8. The van der Waals surface area contributed by atoms with Gasteiger partial charge in [-0.25, -0.2) is 4.79 Å². The van der Waals surface area contributed by atoms with Crippen LogP contribution in [0.15, 0.2) is 27.4 Å². The highest BCUT2D eigenvalue weighted by atomic mass is 35.5. The van der Waals surface area contributed by atoms with Gasteiger partial charge >= 0.3 is 5.63 Å². The number of ether oxygens (including phenoxy) is 1. The van der Waals surface area contributed by atoms with Gasteiger partial charge in [0.2, 0.25) is 0 Å². The molecule has 1 heterocycles. The molecule has 2 aromatic rings. The minimum absolute atomic E-state index is 0.360. The van der Waals surface area contributed by atoms with E-state index >= 15 is 0 Å². The van der Waals surface area contributed by atoms with Crippen LogP contribution in [0.25, 0.3) is 11.0 Å². The quantitative estimate of drug-likeness (QED) is 0.570. The maximum absolute atomic E-state index is 11.7. The lowest BCUT2D eigenvalue weighted by Crippen LogP contribution is -2.27. The van der Waals surface area contributed by atoms with Crippen LogP contribution in [0, 0.1) is 6.92 Å². The van der Waals surface area contributed by atoms with Crippen LogP contribution in [-0.4, -0.2) is 36.9 Å². The second-order valence-electron chi connectivity index (χ2n) is 5.03. The first kappa shape index (κ1) is 17.1. The van der Waals surface area contributed by atoms with Crippen molar-refractivity contribution in [2.45, 2.75) is 13.5 Å². The van der Waals surface area contributed by atoms with Crippen LogP contribution in [0.1, 0.15) is 11.1 Å². The third-order valence-corrected chi connectivity index (χ3v) is 3.92. The van der Waals surface area contributed by atoms with Crippen molar-refractivity contribution in [3.8, 4) is 5.75 Å². The summed E-state index contributed by atoms with van der Waals surface area (Å²) in [6, 6.07) is 5.29. The summed E-state index contributed by atoms with van der Waals surface area (Å²) in [6.45, 7) is 3.85. The number of halogens is 2. The van der Waals surface area contributed by atoms with Crippen molar-refractivity contribution >= 4 is 34.2 Å². The van der Waals surface area contributed by atoms with Gasteiger partial charge < -0.3 is 9.15 Å². The smallest absolute Gasteiger partial charge is 0.336 e. The molecule has 22 heavy (non-hydrogen) atoms. The maximum atomic E-state index is 11.7. The molecule has 4 nitrogen and oxygen atoms in total. The molecule has 0 aliphatic carbocycles. The number of hydrogen-bond acceptors (Lipinski definition) is 4. The second kappa shape index (κ2) is 7.86. The minimum Gasteiger partial charge on any atom is -0.496 e. The summed E-state index contributed by atoms with van der Waals surface area (Å²) in [5.41, 5.74) is 1.94.